The van der Waals surface area contributed by atoms with E-state index >= 15 is 0 Å². The highest BCUT2D eigenvalue weighted by molar-refractivity contribution is 7.99. The monoisotopic (exact) mass is 386 g/mol. The molecule has 2 heterocycles. The van der Waals surface area contributed by atoms with Crippen molar-refractivity contribution in [2.24, 2.45) is 0 Å². The Bertz CT molecular complexity index is 648. The Hall–Kier alpha value is -0.810. The number of pyridine rings is 1. The second kappa shape index (κ2) is 9.62. The Labute approximate surface area is 158 Å². The summed E-state index contributed by atoms with van der Waals surface area (Å²) in [6.07, 6.45) is 3.05. The van der Waals surface area contributed by atoms with Crippen molar-refractivity contribution in [1.29, 1.82) is 0 Å². The van der Waals surface area contributed by atoms with Gasteiger partial charge in [-0.1, -0.05) is 35.9 Å². The molecule has 1 aromatic heterocycles. The number of thioether (sulfide) groups is 1. The summed E-state index contributed by atoms with van der Waals surface area (Å²) in [5, 5.41) is 2.14. The average Bonchev–Trinajstić information content (AvgIpc) is 2.56. The third kappa shape index (κ3) is 5.62. The van der Waals surface area contributed by atoms with E-state index in [0.29, 0.717) is 10.4 Å². The van der Waals surface area contributed by atoms with Gasteiger partial charge in [0.05, 0.1) is 5.03 Å². The summed E-state index contributed by atoms with van der Waals surface area (Å²) in [6, 6.07) is 12.8. The molecule has 1 aromatic carbocycles. The van der Waals surface area contributed by atoms with E-state index in [-0.39, 0.29) is 18.2 Å². The molecule has 0 aliphatic carbocycles. The third-order valence-corrected chi connectivity index (χ3v) is 5.65. The highest BCUT2D eigenvalue weighted by Crippen LogP contribution is 2.29. The van der Waals surface area contributed by atoms with Crippen LogP contribution in [0.4, 0.5) is 4.39 Å². The number of hydrogen-bond acceptors (Lipinski definition) is 3. The van der Waals surface area contributed by atoms with Crippen LogP contribution in [0.25, 0.3) is 0 Å². The van der Waals surface area contributed by atoms with Gasteiger partial charge in [-0.15, -0.1) is 24.2 Å². The molecule has 0 amide bonds. The van der Waals surface area contributed by atoms with Crippen molar-refractivity contribution in [3.63, 3.8) is 0 Å². The van der Waals surface area contributed by atoms with Crippen LogP contribution in [0.15, 0.2) is 47.5 Å². The fourth-order valence-corrected chi connectivity index (χ4v) is 4.17. The fourth-order valence-electron chi connectivity index (χ4n) is 2.86. The molecule has 130 valence electrons. The summed E-state index contributed by atoms with van der Waals surface area (Å²) in [4.78, 5) is 6.77. The van der Waals surface area contributed by atoms with Gasteiger partial charge in [-0.25, -0.2) is 9.37 Å². The van der Waals surface area contributed by atoms with Gasteiger partial charge < -0.3 is 4.90 Å². The minimum Gasteiger partial charge on any atom is -0.303 e. The summed E-state index contributed by atoms with van der Waals surface area (Å²) < 4.78 is 13.6. The quantitative estimate of drug-likeness (QED) is 0.665. The molecule has 1 fully saturated rings. The molecular weight excluding hydrogens is 366 g/mol. The molecule has 1 saturated heterocycles. The zero-order valence-electron chi connectivity index (χ0n) is 13.3. The number of halogens is 3. The van der Waals surface area contributed by atoms with Crippen molar-refractivity contribution >= 4 is 35.8 Å². The molecule has 1 aliphatic heterocycles. The smallest absolute Gasteiger partial charge is 0.130 e. The third-order valence-electron chi connectivity index (χ3n) is 4.17. The lowest BCUT2D eigenvalue weighted by atomic mass is 10.1. The summed E-state index contributed by atoms with van der Waals surface area (Å²) in [5.41, 5.74) is 0.812. The number of hydrogen-bond donors (Lipinski definition) is 0. The molecule has 0 saturated carbocycles. The van der Waals surface area contributed by atoms with Gasteiger partial charge in [-0.3, -0.25) is 0 Å². The van der Waals surface area contributed by atoms with Gasteiger partial charge in [0.15, 0.2) is 0 Å². The second-order valence-corrected chi connectivity index (χ2v) is 7.51. The number of rotatable bonds is 5. The van der Waals surface area contributed by atoms with E-state index in [1.165, 1.54) is 6.07 Å². The van der Waals surface area contributed by atoms with Crippen LogP contribution in [-0.2, 0) is 6.42 Å². The minimum atomic E-state index is -0.0926. The van der Waals surface area contributed by atoms with Crippen LogP contribution in [-0.4, -0.2) is 34.8 Å². The van der Waals surface area contributed by atoms with E-state index in [1.807, 2.05) is 36.0 Å². The zero-order chi connectivity index (χ0) is 16.1. The van der Waals surface area contributed by atoms with Crippen LogP contribution in [0.2, 0.25) is 5.15 Å². The number of nitrogens with zero attached hydrogens (tertiary/aromatic N) is 2. The summed E-state index contributed by atoms with van der Waals surface area (Å²) in [5.74, 6) is -0.0926. The fraction of sp³-hybridized carbons (Fsp3) is 0.389. The summed E-state index contributed by atoms with van der Waals surface area (Å²) in [7, 11) is 0. The number of piperidine rings is 1. The molecule has 0 radical (unpaired) electrons. The Morgan fingerprint density at radius 2 is 1.88 bits per heavy atom. The second-order valence-electron chi connectivity index (χ2n) is 5.80. The molecule has 0 N–H and O–H groups in total. The van der Waals surface area contributed by atoms with Gasteiger partial charge in [0.25, 0.3) is 0 Å². The van der Waals surface area contributed by atoms with E-state index in [4.69, 9.17) is 11.6 Å². The van der Waals surface area contributed by atoms with Gasteiger partial charge >= 0.3 is 0 Å². The molecular formula is C18H21Cl2FN2S. The molecule has 0 unspecified atom stereocenters. The molecule has 0 atom stereocenters. The van der Waals surface area contributed by atoms with Crippen LogP contribution < -0.4 is 0 Å². The molecule has 0 spiro atoms. The van der Waals surface area contributed by atoms with Crippen molar-refractivity contribution < 1.29 is 4.39 Å². The van der Waals surface area contributed by atoms with Crippen molar-refractivity contribution in [3.05, 3.63) is 59.0 Å². The van der Waals surface area contributed by atoms with Crippen LogP contribution in [0.5, 0.6) is 0 Å². The van der Waals surface area contributed by atoms with Crippen LogP contribution in [0, 0.1) is 5.82 Å². The van der Waals surface area contributed by atoms with E-state index in [9.17, 15) is 4.39 Å². The lowest BCUT2D eigenvalue weighted by Crippen LogP contribution is -2.36. The Kier molecular flexibility index (Phi) is 7.82. The highest BCUT2D eigenvalue weighted by atomic mass is 35.5. The first kappa shape index (κ1) is 19.5. The first-order chi connectivity index (χ1) is 11.2. The van der Waals surface area contributed by atoms with Crippen LogP contribution in [0.1, 0.15) is 18.4 Å². The van der Waals surface area contributed by atoms with Gasteiger partial charge in [0, 0.05) is 11.8 Å². The van der Waals surface area contributed by atoms with E-state index in [1.54, 1.807) is 12.1 Å². The van der Waals surface area contributed by atoms with Crippen molar-refractivity contribution in [3.8, 4) is 0 Å². The van der Waals surface area contributed by atoms with Crippen molar-refractivity contribution in [2.75, 3.05) is 19.6 Å². The van der Waals surface area contributed by atoms with Gasteiger partial charge in [-0.2, -0.15) is 0 Å². The molecule has 1 aliphatic rings. The predicted octanol–water partition coefficient (Wildman–Crippen LogP) is 5.10. The maximum atomic E-state index is 13.6. The highest BCUT2D eigenvalue weighted by Gasteiger charge is 2.20. The number of aromatic nitrogens is 1. The van der Waals surface area contributed by atoms with Crippen LogP contribution >= 0.6 is 35.8 Å². The van der Waals surface area contributed by atoms with E-state index < -0.39 is 0 Å². The van der Waals surface area contributed by atoms with Gasteiger partial charge in [0.1, 0.15) is 11.0 Å². The lowest BCUT2D eigenvalue weighted by Gasteiger charge is -2.31. The maximum absolute atomic E-state index is 13.6. The molecule has 3 rings (SSSR count). The van der Waals surface area contributed by atoms with Gasteiger partial charge in [-0.05, 0) is 56.1 Å². The summed E-state index contributed by atoms with van der Waals surface area (Å²) in [6.45, 7) is 3.05. The van der Waals surface area contributed by atoms with E-state index in [2.05, 4.69) is 9.88 Å². The summed E-state index contributed by atoms with van der Waals surface area (Å²) >= 11 is 7.75. The Balaban J connectivity index is 0.00000208. The number of likely N-dealkylation sites (tertiary alicyclic amines) is 1. The van der Waals surface area contributed by atoms with Gasteiger partial charge in [0.2, 0.25) is 0 Å². The maximum Gasteiger partial charge on any atom is 0.130 e. The van der Waals surface area contributed by atoms with Crippen molar-refractivity contribution in [2.45, 2.75) is 29.5 Å². The first-order valence-corrected chi connectivity index (χ1v) is 9.21. The van der Waals surface area contributed by atoms with Crippen LogP contribution in [0.3, 0.4) is 0 Å². The molecule has 24 heavy (non-hydrogen) atoms. The Morgan fingerprint density at radius 3 is 2.58 bits per heavy atom. The number of benzene rings is 1. The normalized spacial score (nSPS) is 15.9. The minimum absolute atomic E-state index is 0. The first-order valence-electron chi connectivity index (χ1n) is 7.96. The topological polar surface area (TPSA) is 16.1 Å². The molecule has 0 bridgehead atoms. The zero-order valence-corrected chi connectivity index (χ0v) is 15.7. The molecule has 6 heteroatoms. The van der Waals surface area contributed by atoms with Crippen molar-refractivity contribution in [1.82, 2.24) is 9.88 Å². The lowest BCUT2D eigenvalue weighted by molar-refractivity contribution is 0.235. The molecule has 2 nitrogen and oxygen atoms in total. The van der Waals surface area contributed by atoms with E-state index in [0.717, 1.165) is 49.5 Å². The molecule has 2 aromatic rings. The Morgan fingerprint density at radius 1 is 1.12 bits per heavy atom. The standard InChI is InChI=1S/C18H20ClFN2S.ClH/c19-17-6-3-7-18(21-17)23-15-9-12-22(13-10-15)11-8-14-4-1-2-5-16(14)20;/h1-7,15H,8-13H2;1H. The SMILES string of the molecule is Cl.Fc1ccccc1CCN1CCC(Sc2cccc(Cl)n2)CC1. The largest absolute Gasteiger partial charge is 0.303 e. The average molecular weight is 387 g/mol. The predicted molar refractivity (Wildman–Crippen MR) is 102 cm³/mol.